The highest BCUT2D eigenvalue weighted by molar-refractivity contribution is 9.10. The van der Waals surface area contributed by atoms with Crippen LogP contribution in [0.3, 0.4) is 0 Å². The van der Waals surface area contributed by atoms with Gasteiger partial charge in [0.15, 0.2) is 5.82 Å². The number of nitrogens with zero attached hydrogens (tertiary/aromatic N) is 2. The molecule has 96 valence electrons. The molecule has 1 atom stereocenters. The van der Waals surface area contributed by atoms with Gasteiger partial charge in [-0.05, 0) is 34.5 Å². The fourth-order valence-electron chi connectivity index (χ4n) is 2.12. The highest BCUT2D eigenvalue weighted by Crippen LogP contribution is 2.27. The third-order valence-corrected chi connectivity index (χ3v) is 4.04. The maximum atomic E-state index is 14.0. The van der Waals surface area contributed by atoms with E-state index >= 15 is 0 Å². The van der Waals surface area contributed by atoms with Crippen LogP contribution < -0.4 is 0 Å². The summed E-state index contributed by atoms with van der Waals surface area (Å²) in [6, 6.07) is 3.54. The number of fused-ring (bicyclic) bond motifs is 1. The summed E-state index contributed by atoms with van der Waals surface area (Å²) in [5, 5.41) is 0. The summed E-state index contributed by atoms with van der Waals surface area (Å²) in [6.45, 7) is 1.48. The van der Waals surface area contributed by atoms with Crippen LogP contribution in [-0.2, 0) is 17.2 Å². The lowest BCUT2D eigenvalue weighted by Crippen LogP contribution is -2.31. The van der Waals surface area contributed by atoms with Crippen molar-refractivity contribution < 1.29 is 9.13 Å². The number of aromatic nitrogens is 2. The summed E-state index contributed by atoms with van der Waals surface area (Å²) in [5.74, 6) is 0.602. The Morgan fingerprint density at radius 1 is 1.56 bits per heavy atom. The number of rotatable bonds is 3. The van der Waals surface area contributed by atoms with Gasteiger partial charge >= 0.3 is 0 Å². The second-order valence-electron chi connectivity index (χ2n) is 4.28. The Morgan fingerprint density at radius 3 is 2.94 bits per heavy atom. The summed E-state index contributed by atoms with van der Waals surface area (Å²) < 4.78 is 21.7. The molecule has 18 heavy (non-hydrogen) atoms. The van der Waals surface area contributed by atoms with E-state index in [9.17, 15) is 4.39 Å². The third-order valence-electron chi connectivity index (χ3n) is 3.19. The molecule has 1 unspecified atom stereocenters. The predicted octanol–water partition coefficient (Wildman–Crippen LogP) is 3.47. The van der Waals surface area contributed by atoms with Gasteiger partial charge in [-0.25, -0.2) is 9.37 Å². The average Bonchev–Trinajstić information content (AvgIpc) is 2.67. The van der Waals surface area contributed by atoms with Gasteiger partial charge in [0.05, 0.1) is 28.5 Å². The normalized spacial score (nSPS) is 19.2. The molecule has 1 aliphatic heterocycles. The van der Waals surface area contributed by atoms with Crippen molar-refractivity contribution in [2.45, 2.75) is 24.9 Å². The van der Waals surface area contributed by atoms with E-state index in [0.29, 0.717) is 22.4 Å². The second-order valence-corrected chi connectivity index (χ2v) is 5.40. The van der Waals surface area contributed by atoms with E-state index in [4.69, 9.17) is 16.3 Å². The molecule has 1 aromatic carbocycles. The number of hydrogen-bond donors (Lipinski definition) is 0. The molecule has 0 aliphatic carbocycles. The van der Waals surface area contributed by atoms with Gasteiger partial charge in [-0.3, -0.25) is 0 Å². The van der Waals surface area contributed by atoms with Crippen LogP contribution >= 0.6 is 27.5 Å². The predicted molar refractivity (Wildman–Crippen MR) is 71.3 cm³/mol. The first kappa shape index (κ1) is 12.4. The molecule has 2 aromatic rings. The molecule has 1 aliphatic rings. The third kappa shape index (κ3) is 1.94. The van der Waals surface area contributed by atoms with E-state index in [0.717, 1.165) is 18.5 Å². The molecule has 0 radical (unpaired) electrons. The molecule has 0 N–H and O–H groups in total. The quantitative estimate of drug-likeness (QED) is 0.804. The zero-order valence-electron chi connectivity index (χ0n) is 9.50. The summed E-state index contributed by atoms with van der Waals surface area (Å²) >= 11 is 9.05. The van der Waals surface area contributed by atoms with Crippen molar-refractivity contribution in [1.82, 2.24) is 9.55 Å². The zero-order valence-corrected chi connectivity index (χ0v) is 11.8. The smallest absolute Gasteiger partial charge is 0.165 e. The Morgan fingerprint density at radius 2 is 2.33 bits per heavy atom. The summed E-state index contributed by atoms with van der Waals surface area (Å²) in [5.41, 5.74) is 1.13. The SMILES string of the molecule is Fc1c(Br)ccc2c1nc(CCl)n2CC1CCO1. The van der Waals surface area contributed by atoms with Crippen LogP contribution in [0.25, 0.3) is 11.0 Å². The minimum absolute atomic E-state index is 0.191. The van der Waals surface area contributed by atoms with E-state index in [1.54, 1.807) is 6.07 Å². The molecule has 6 heteroatoms. The van der Waals surface area contributed by atoms with Crippen LogP contribution in [0, 0.1) is 5.82 Å². The molecular weight excluding hydrogens is 323 g/mol. The highest BCUT2D eigenvalue weighted by atomic mass is 79.9. The van der Waals surface area contributed by atoms with Crippen LogP contribution in [-0.4, -0.2) is 22.3 Å². The van der Waals surface area contributed by atoms with Crippen LogP contribution in [0.4, 0.5) is 4.39 Å². The van der Waals surface area contributed by atoms with E-state index < -0.39 is 0 Å². The average molecular weight is 334 g/mol. The van der Waals surface area contributed by atoms with Crippen LogP contribution in [0.2, 0.25) is 0 Å². The topological polar surface area (TPSA) is 27.1 Å². The van der Waals surface area contributed by atoms with Gasteiger partial charge in [-0.15, -0.1) is 11.6 Å². The standard InChI is InChI=1S/C12H11BrClFN2O/c13-8-1-2-9-12(11(8)15)16-10(5-14)17(9)6-7-3-4-18-7/h1-2,7H,3-6H2. The number of ether oxygens (including phenoxy) is 1. The maximum Gasteiger partial charge on any atom is 0.165 e. The van der Waals surface area contributed by atoms with E-state index in [1.807, 2.05) is 10.6 Å². The van der Waals surface area contributed by atoms with Gasteiger partial charge in [0.1, 0.15) is 11.3 Å². The lowest BCUT2D eigenvalue weighted by atomic mass is 10.2. The number of alkyl halides is 1. The van der Waals surface area contributed by atoms with E-state index in [-0.39, 0.29) is 17.8 Å². The number of hydrogen-bond acceptors (Lipinski definition) is 2. The second kappa shape index (κ2) is 4.79. The first-order chi connectivity index (χ1) is 8.70. The van der Waals surface area contributed by atoms with E-state index in [2.05, 4.69) is 20.9 Å². The van der Waals surface area contributed by atoms with Gasteiger partial charge in [0.2, 0.25) is 0 Å². The number of imidazole rings is 1. The number of halogens is 3. The van der Waals surface area contributed by atoms with Gasteiger partial charge in [-0.1, -0.05) is 0 Å². The molecule has 1 fully saturated rings. The Labute approximate surface area is 117 Å². The van der Waals surface area contributed by atoms with Gasteiger partial charge in [0.25, 0.3) is 0 Å². The molecule has 2 heterocycles. The first-order valence-corrected chi connectivity index (χ1v) is 7.04. The van der Waals surface area contributed by atoms with Gasteiger partial charge < -0.3 is 9.30 Å². The van der Waals surface area contributed by atoms with Crippen LogP contribution in [0.5, 0.6) is 0 Å². The van der Waals surface area contributed by atoms with Crippen molar-refractivity contribution in [2.24, 2.45) is 0 Å². The Bertz CT molecular complexity index is 597. The molecular formula is C12H11BrClFN2O. The van der Waals surface area contributed by atoms with Crippen molar-refractivity contribution in [2.75, 3.05) is 6.61 Å². The molecule has 0 amide bonds. The summed E-state index contributed by atoms with van der Waals surface area (Å²) in [4.78, 5) is 4.27. The van der Waals surface area contributed by atoms with Gasteiger partial charge in [0, 0.05) is 6.61 Å². The Balaban J connectivity index is 2.12. The largest absolute Gasteiger partial charge is 0.376 e. The maximum absolute atomic E-state index is 14.0. The molecule has 1 aromatic heterocycles. The van der Waals surface area contributed by atoms with Crippen molar-refractivity contribution in [3.05, 3.63) is 28.2 Å². The first-order valence-electron chi connectivity index (χ1n) is 5.71. The minimum Gasteiger partial charge on any atom is -0.376 e. The van der Waals surface area contributed by atoms with Crippen LogP contribution in [0.1, 0.15) is 12.2 Å². The van der Waals surface area contributed by atoms with Crippen LogP contribution in [0.15, 0.2) is 16.6 Å². The van der Waals surface area contributed by atoms with Crippen molar-refractivity contribution in [3.8, 4) is 0 Å². The lowest BCUT2D eigenvalue weighted by Gasteiger charge is -2.27. The lowest BCUT2D eigenvalue weighted by molar-refractivity contribution is -0.0589. The molecule has 3 rings (SSSR count). The van der Waals surface area contributed by atoms with E-state index in [1.165, 1.54) is 0 Å². The Kier molecular flexibility index (Phi) is 3.30. The Hall–Kier alpha value is -0.650. The molecule has 0 spiro atoms. The number of benzene rings is 1. The molecule has 3 nitrogen and oxygen atoms in total. The monoisotopic (exact) mass is 332 g/mol. The van der Waals surface area contributed by atoms with Crippen molar-refractivity contribution in [1.29, 1.82) is 0 Å². The molecule has 0 bridgehead atoms. The molecule has 0 saturated carbocycles. The zero-order chi connectivity index (χ0) is 12.7. The van der Waals surface area contributed by atoms with Crippen molar-refractivity contribution in [3.63, 3.8) is 0 Å². The fraction of sp³-hybridized carbons (Fsp3) is 0.417. The fourth-order valence-corrected chi connectivity index (χ4v) is 2.64. The minimum atomic E-state index is -0.341. The molecule has 1 saturated heterocycles. The summed E-state index contributed by atoms with van der Waals surface area (Å²) in [7, 11) is 0. The van der Waals surface area contributed by atoms with Crippen molar-refractivity contribution >= 4 is 38.6 Å². The highest BCUT2D eigenvalue weighted by Gasteiger charge is 2.22. The summed E-state index contributed by atoms with van der Waals surface area (Å²) in [6.07, 6.45) is 1.22. The van der Waals surface area contributed by atoms with Gasteiger partial charge in [-0.2, -0.15) is 0 Å².